The topological polar surface area (TPSA) is 67.8 Å². The molecule has 20 heavy (non-hydrogen) atoms. The van der Waals surface area contributed by atoms with Gasteiger partial charge in [-0.05, 0) is 61.8 Å². The molecule has 0 heterocycles. The van der Waals surface area contributed by atoms with Gasteiger partial charge in [0.2, 0.25) is 0 Å². The largest absolute Gasteiger partial charge is 0.490 e. The van der Waals surface area contributed by atoms with Gasteiger partial charge in [0, 0.05) is 5.56 Å². The lowest BCUT2D eigenvalue weighted by molar-refractivity contribution is 0.101. The van der Waals surface area contributed by atoms with Crippen molar-refractivity contribution in [2.75, 3.05) is 0 Å². The Hall–Kier alpha value is -1.71. The van der Waals surface area contributed by atoms with Crippen molar-refractivity contribution in [2.24, 2.45) is 22.7 Å². The molecule has 4 nitrogen and oxygen atoms in total. The number of aryl methyl sites for hydroxylation is 1. The quantitative estimate of drug-likeness (QED) is 0.385. The number of nitrogens with two attached hydrogens (primary N) is 1. The van der Waals surface area contributed by atoms with Crippen LogP contribution < -0.4 is 10.5 Å². The van der Waals surface area contributed by atoms with Crippen LogP contribution in [0.4, 0.5) is 0 Å². The molecule has 2 atom stereocenters. The zero-order valence-corrected chi connectivity index (χ0v) is 12.5. The zero-order valence-electron chi connectivity index (χ0n) is 12.5. The summed E-state index contributed by atoms with van der Waals surface area (Å²) in [6.45, 7) is 6.52. The van der Waals surface area contributed by atoms with Crippen molar-refractivity contribution in [1.82, 2.24) is 0 Å². The molecule has 0 saturated heterocycles. The highest BCUT2D eigenvalue weighted by Gasteiger charge is 2.25. The Bertz CT molecular complexity index is 489. The highest BCUT2D eigenvalue weighted by molar-refractivity contribution is 5.98. The van der Waals surface area contributed by atoms with Crippen LogP contribution in [-0.4, -0.2) is 17.1 Å². The first-order valence-corrected chi connectivity index (χ1v) is 7.24. The molecule has 0 spiro atoms. The fourth-order valence-corrected chi connectivity index (χ4v) is 3.21. The lowest BCUT2D eigenvalue weighted by Gasteiger charge is -2.31. The second-order valence-corrected chi connectivity index (χ2v) is 6.12. The van der Waals surface area contributed by atoms with E-state index in [1.54, 1.807) is 0 Å². The Balaban J connectivity index is 2.09. The maximum Gasteiger partial charge on any atom is 0.170 e. The summed E-state index contributed by atoms with van der Waals surface area (Å²) in [6, 6.07) is 5.69. The van der Waals surface area contributed by atoms with Gasteiger partial charge >= 0.3 is 0 Å². The van der Waals surface area contributed by atoms with Gasteiger partial charge in [-0.15, -0.1) is 0 Å². The number of nitrogens with zero attached hydrogens (tertiary/aromatic N) is 1. The van der Waals surface area contributed by atoms with Crippen molar-refractivity contribution in [1.29, 1.82) is 0 Å². The molecule has 1 aromatic rings. The van der Waals surface area contributed by atoms with Gasteiger partial charge in [-0.3, -0.25) is 0 Å². The summed E-state index contributed by atoms with van der Waals surface area (Å²) in [5.41, 5.74) is 7.32. The van der Waals surface area contributed by atoms with Crippen LogP contribution in [0.5, 0.6) is 5.75 Å². The minimum Gasteiger partial charge on any atom is -0.490 e. The molecule has 1 aliphatic carbocycles. The predicted molar refractivity (Wildman–Crippen MR) is 80.3 cm³/mol. The van der Waals surface area contributed by atoms with E-state index < -0.39 is 0 Å². The van der Waals surface area contributed by atoms with Gasteiger partial charge in [0.05, 0.1) is 6.10 Å². The molecule has 1 saturated carbocycles. The maximum atomic E-state index is 8.73. The van der Waals surface area contributed by atoms with Crippen molar-refractivity contribution >= 4 is 5.84 Å². The van der Waals surface area contributed by atoms with Gasteiger partial charge in [-0.25, -0.2) is 0 Å². The second kappa shape index (κ2) is 6.16. The van der Waals surface area contributed by atoms with Crippen LogP contribution in [0, 0.1) is 18.8 Å². The van der Waals surface area contributed by atoms with Crippen LogP contribution in [0.2, 0.25) is 0 Å². The average molecular weight is 276 g/mol. The molecule has 3 N–H and O–H groups in total. The first-order chi connectivity index (χ1) is 9.49. The lowest BCUT2D eigenvalue weighted by Crippen LogP contribution is -2.28. The van der Waals surface area contributed by atoms with Crippen molar-refractivity contribution in [3.05, 3.63) is 29.3 Å². The highest BCUT2D eigenvalue weighted by Crippen LogP contribution is 2.31. The van der Waals surface area contributed by atoms with Crippen molar-refractivity contribution < 1.29 is 9.94 Å². The molecular weight excluding hydrogens is 252 g/mol. The highest BCUT2D eigenvalue weighted by atomic mass is 16.5. The Morgan fingerprint density at radius 1 is 1.25 bits per heavy atom. The van der Waals surface area contributed by atoms with E-state index >= 15 is 0 Å². The predicted octanol–water partition coefficient (Wildman–Crippen LogP) is 3.29. The molecule has 1 aromatic carbocycles. The molecule has 4 heteroatoms. The number of amidine groups is 1. The fraction of sp³-hybridized carbons (Fsp3) is 0.562. The van der Waals surface area contributed by atoms with Crippen molar-refractivity contribution in [3.63, 3.8) is 0 Å². The van der Waals surface area contributed by atoms with Crippen LogP contribution in [-0.2, 0) is 0 Å². The van der Waals surface area contributed by atoms with Crippen molar-refractivity contribution in [3.8, 4) is 5.75 Å². The monoisotopic (exact) mass is 276 g/mol. The Kier molecular flexibility index (Phi) is 4.53. The fourth-order valence-electron chi connectivity index (χ4n) is 3.21. The summed E-state index contributed by atoms with van der Waals surface area (Å²) in [4.78, 5) is 0. The summed E-state index contributed by atoms with van der Waals surface area (Å²) in [6.07, 6.45) is 3.82. The van der Waals surface area contributed by atoms with E-state index in [-0.39, 0.29) is 5.84 Å². The number of benzene rings is 1. The van der Waals surface area contributed by atoms with Crippen LogP contribution in [0.25, 0.3) is 0 Å². The smallest absolute Gasteiger partial charge is 0.170 e. The van der Waals surface area contributed by atoms with Gasteiger partial charge in [0.15, 0.2) is 5.84 Å². The first-order valence-electron chi connectivity index (χ1n) is 7.24. The van der Waals surface area contributed by atoms with Gasteiger partial charge in [-0.1, -0.05) is 19.0 Å². The Labute approximate surface area is 120 Å². The third-order valence-corrected chi connectivity index (χ3v) is 4.02. The molecular formula is C16H24N2O2. The van der Waals surface area contributed by atoms with Crippen LogP contribution in [0.1, 0.15) is 44.2 Å². The number of hydrogen-bond acceptors (Lipinski definition) is 3. The summed E-state index contributed by atoms with van der Waals surface area (Å²) in [5, 5.41) is 11.8. The average Bonchev–Trinajstić information content (AvgIpc) is 2.36. The molecule has 1 fully saturated rings. The van der Waals surface area contributed by atoms with Crippen LogP contribution in [0.15, 0.2) is 23.4 Å². The van der Waals surface area contributed by atoms with E-state index in [1.165, 1.54) is 6.42 Å². The lowest BCUT2D eigenvalue weighted by atomic mass is 9.82. The molecule has 2 rings (SSSR count). The normalized spacial score (nSPS) is 27.4. The SMILES string of the molecule is Cc1cc(OC2CC(C)CC(C)C2)ccc1/C(N)=N/O. The number of hydrogen-bond donors (Lipinski definition) is 2. The summed E-state index contributed by atoms with van der Waals surface area (Å²) in [5.74, 6) is 2.44. The van der Waals surface area contributed by atoms with E-state index in [9.17, 15) is 0 Å². The third kappa shape index (κ3) is 3.44. The van der Waals surface area contributed by atoms with Gasteiger partial charge in [0.25, 0.3) is 0 Å². The van der Waals surface area contributed by atoms with Crippen molar-refractivity contribution in [2.45, 2.75) is 46.1 Å². The Morgan fingerprint density at radius 3 is 2.45 bits per heavy atom. The Morgan fingerprint density at radius 2 is 1.90 bits per heavy atom. The zero-order chi connectivity index (χ0) is 14.7. The van der Waals surface area contributed by atoms with E-state index in [1.807, 2.05) is 25.1 Å². The molecule has 1 aliphatic rings. The molecule has 0 bridgehead atoms. The van der Waals surface area contributed by atoms with E-state index in [2.05, 4.69) is 19.0 Å². The minimum absolute atomic E-state index is 0.133. The molecule has 2 unspecified atom stereocenters. The van der Waals surface area contributed by atoms with E-state index in [0.29, 0.717) is 6.10 Å². The van der Waals surface area contributed by atoms with Gasteiger partial charge in [-0.2, -0.15) is 0 Å². The summed E-state index contributed by atoms with van der Waals surface area (Å²) in [7, 11) is 0. The standard InChI is InChI=1S/C16H24N2O2/c1-10-6-11(2)8-14(7-10)20-13-4-5-15(12(3)9-13)16(17)18-19/h4-5,9-11,14,19H,6-8H2,1-3H3,(H2,17,18). The van der Waals surface area contributed by atoms with Crippen LogP contribution >= 0.6 is 0 Å². The minimum atomic E-state index is 0.133. The molecule has 0 radical (unpaired) electrons. The maximum absolute atomic E-state index is 8.73. The number of oxime groups is 1. The molecule has 110 valence electrons. The van der Waals surface area contributed by atoms with E-state index in [4.69, 9.17) is 15.7 Å². The molecule has 0 aromatic heterocycles. The third-order valence-electron chi connectivity index (χ3n) is 4.02. The van der Waals surface area contributed by atoms with Gasteiger partial charge in [0.1, 0.15) is 5.75 Å². The molecule has 0 aliphatic heterocycles. The first kappa shape index (κ1) is 14.7. The number of ether oxygens (including phenoxy) is 1. The number of rotatable bonds is 3. The second-order valence-electron chi connectivity index (χ2n) is 6.12. The van der Waals surface area contributed by atoms with Gasteiger partial charge < -0.3 is 15.7 Å². The summed E-state index contributed by atoms with van der Waals surface area (Å²) < 4.78 is 6.10. The molecule has 0 amide bonds. The summed E-state index contributed by atoms with van der Waals surface area (Å²) >= 11 is 0. The van der Waals surface area contributed by atoms with E-state index in [0.717, 1.165) is 41.6 Å². The van der Waals surface area contributed by atoms with Crippen LogP contribution in [0.3, 0.4) is 0 Å².